The SMILES string of the molecule is CCN(CC)C(=O)C(C)NN1C(C)CCCC1C. The van der Waals surface area contributed by atoms with Gasteiger partial charge < -0.3 is 4.90 Å². The number of nitrogens with zero attached hydrogens (tertiary/aromatic N) is 2. The van der Waals surface area contributed by atoms with E-state index in [0.29, 0.717) is 12.1 Å². The molecule has 1 amide bonds. The van der Waals surface area contributed by atoms with Gasteiger partial charge in [-0.1, -0.05) is 6.42 Å². The molecule has 0 bridgehead atoms. The Labute approximate surface area is 112 Å². The second kappa shape index (κ2) is 7.10. The third kappa shape index (κ3) is 3.69. The van der Waals surface area contributed by atoms with Crippen molar-refractivity contribution in [2.45, 2.75) is 72.0 Å². The minimum Gasteiger partial charge on any atom is -0.342 e. The van der Waals surface area contributed by atoms with Gasteiger partial charge in [0.25, 0.3) is 0 Å². The number of carbonyl (C=O) groups is 1. The van der Waals surface area contributed by atoms with Crippen molar-refractivity contribution in [3.63, 3.8) is 0 Å². The van der Waals surface area contributed by atoms with E-state index in [2.05, 4.69) is 24.3 Å². The summed E-state index contributed by atoms with van der Waals surface area (Å²) < 4.78 is 0. The van der Waals surface area contributed by atoms with Gasteiger partial charge in [-0.3, -0.25) is 4.79 Å². The number of carbonyl (C=O) groups excluding carboxylic acids is 1. The molecular weight excluding hydrogens is 226 g/mol. The highest BCUT2D eigenvalue weighted by molar-refractivity contribution is 5.81. The maximum Gasteiger partial charge on any atom is 0.240 e. The number of rotatable bonds is 5. The molecule has 1 aliphatic heterocycles. The Morgan fingerprint density at radius 3 is 2.22 bits per heavy atom. The first kappa shape index (κ1) is 15.4. The zero-order valence-corrected chi connectivity index (χ0v) is 12.6. The number of piperidine rings is 1. The summed E-state index contributed by atoms with van der Waals surface area (Å²) in [4.78, 5) is 14.1. The number of amides is 1. The first-order valence-corrected chi connectivity index (χ1v) is 7.34. The minimum absolute atomic E-state index is 0.132. The Morgan fingerprint density at radius 1 is 1.28 bits per heavy atom. The van der Waals surface area contributed by atoms with Crippen LogP contribution in [0.15, 0.2) is 0 Å². The fourth-order valence-corrected chi connectivity index (χ4v) is 2.76. The zero-order valence-electron chi connectivity index (χ0n) is 12.6. The third-order valence-electron chi connectivity index (χ3n) is 3.98. The van der Waals surface area contributed by atoms with Crippen LogP contribution in [0.25, 0.3) is 0 Å². The van der Waals surface area contributed by atoms with Crippen molar-refractivity contribution >= 4 is 5.91 Å². The molecule has 4 nitrogen and oxygen atoms in total. The summed E-state index contributed by atoms with van der Waals surface area (Å²) in [6, 6.07) is 0.898. The molecule has 0 aliphatic carbocycles. The van der Waals surface area contributed by atoms with E-state index in [4.69, 9.17) is 0 Å². The predicted molar refractivity (Wildman–Crippen MR) is 75.1 cm³/mol. The highest BCUT2D eigenvalue weighted by atomic mass is 16.2. The van der Waals surface area contributed by atoms with Gasteiger partial charge in [-0.25, -0.2) is 10.4 Å². The summed E-state index contributed by atoms with van der Waals surface area (Å²) in [6.45, 7) is 12.1. The first-order chi connectivity index (χ1) is 8.51. The van der Waals surface area contributed by atoms with Crippen LogP contribution in [0.3, 0.4) is 0 Å². The molecule has 1 rings (SSSR count). The van der Waals surface area contributed by atoms with Crippen LogP contribution in [0.4, 0.5) is 0 Å². The lowest BCUT2D eigenvalue weighted by Gasteiger charge is -2.41. The number of hydrazine groups is 1. The van der Waals surface area contributed by atoms with E-state index in [9.17, 15) is 4.79 Å². The molecule has 0 spiro atoms. The van der Waals surface area contributed by atoms with E-state index in [1.54, 1.807) is 0 Å². The summed E-state index contributed by atoms with van der Waals surface area (Å²) in [7, 11) is 0. The molecular formula is C14H29N3O. The van der Waals surface area contributed by atoms with Gasteiger partial charge in [-0.2, -0.15) is 0 Å². The lowest BCUT2D eigenvalue weighted by molar-refractivity contribution is -0.135. The summed E-state index contributed by atoms with van der Waals surface area (Å²) in [5.74, 6) is 0.199. The van der Waals surface area contributed by atoms with E-state index in [1.165, 1.54) is 19.3 Å². The lowest BCUT2D eigenvalue weighted by Crippen LogP contribution is -2.58. The second-order valence-corrected chi connectivity index (χ2v) is 5.40. The van der Waals surface area contributed by atoms with Gasteiger partial charge in [0.15, 0.2) is 0 Å². The molecule has 0 aromatic rings. The number of nitrogens with one attached hydrogen (secondary N) is 1. The van der Waals surface area contributed by atoms with E-state index in [0.717, 1.165) is 13.1 Å². The molecule has 3 atom stereocenters. The van der Waals surface area contributed by atoms with Crippen molar-refractivity contribution in [2.24, 2.45) is 0 Å². The number of hydrogen-bond donors (Lipinski definition) is 1. The molecule has 0 radical (unpaired) electrons. The van der Waals surface area contributed by atoms with Gasteiger partial charge in [-0.15, -0.1) is 0 Å². The molecule has 3 unspecified atom stereocenters. The summed E-state index contributed by atoms with van der Waals surface area (Å²) in [5, 5.41) is 2.27. The Balaban J connectivity index is 2.57. The molecule has 1 heterocycles. The maximum atomic E-state index is 12.2. The first-order valence-electron chi connectivity index (χ1n) is 7.34. The monoisotopic (exact) mass is 255 g/mol. The van der Waals surface area contributed by atoms with Crippen LogP contribution >= 0.6 is 0 Å². The van der Waals surface area contributed by atoms with Crippen LogP contribution in [0.5, 0.6) is 0 Å². The molecule has 1 saturated heterocycles. The third-order valence-corrected chi connectivity index (χ3v) is 3.98. The lowest BCUT2D eigenvalue weighted by atomic mass is 10.00. The molecule has 18 heavy (non-hydrogen) atoms. The fourth-order valence-electron chi connectivity index (χ4n) is 2.76. The van der Waals surface area contributed by atoms with Crippen LogP contribution in [0.1, 0.15) is 53.9 Å². The predicted octanol–water partition coefficient (Wildman–Crippen LogP) is 2.01. The molecule has 4 heteroatoms. The molecule has 0 aromatic carbocycles. The van der Waals surface area contributed by atoms with Crippen LogP contribution in [0, 0.1) is 0 Å². The molecule has 1 N–H and O–H groups in total. The van der Waals surface area contributed by atoms with Crippen molar-refractivity contribution in [1.82, 2.24) is 15.3 Å². The number of likely N-dealkylation sites (N-methyl/N-ethyl adjacent to an activating group) is 1. The number of hydrogen-bond acceptors (Lipinski definition) is 3. The van der Waals surface area contributed by atoms with E-state index < -0.39 is 0 Å². The van der Waals surface area contributed by atoms with Crippen molar-refractivity contribution in [3.05, 3.63) is 0 Å². The smallest absolute Gasteiger partial charge is 0.240 e. The molecule has 0 saturated carbocycles. The quantitative estimate of drug-likeness (QED) is 0.816. The Bertz CT molecular complexity index is 256. The van der Waals surface area contributed by atoms with Gasteiger partial charge in [0, 0.05) is 25.2 Å². The van der Waals surface area contributed by atoms with E-state index in [-0.39, 0.29) is 11.9 Å². The van der Waals surface area contributed by atoms with Crippen molar-refractivity contribution in [2.75, 3.05) is 13.1 Å². The summed E-state index contributed by atoms with van der Waals surface area (Å²) >= 11 is 0. The Kier molecular flexibility index (Phi) is 6.09. The Hall–Kier alpha value is -0.610. The summed E-state index contributed by atoms with van der Waals surface area (Å²) in [6.07, 6.45) is 3.71. The highest BCUT2D eigenvalue weighted by Gasteiger charge is 2.28. The van der Waals surface area contributed by atoms with Crippen molar-refractivity contribution in [1.29, 1.82) is 0 Å². The standard InChI is InChI=1S/C14H29N3O/c1-6-16(7-2)14(18)13(5)15-17-11(3)9-8-10-12(17)4/h11-13,15H,6-10H2,1-5H3. The van der Waals surface area contributed by atoms with Gasteiger partial charge in [-0.05, 0) is 47.5 Å². The molecule has 1 fully saturated rings. The molecule has 0 aromatic heterocycles. The molecule has 1 aliphatic rings. The van der Waals surface area contributed by atoms with Gasteiger partial charge in [0.1, 0.15) is 0 Å². The summed E-state index contributed by atoms with van der Waals surface area (Å²) in [5.41, 5.74) is 3.41. The average molecular weight is 255 g/mol. The van der Waals surface area contributed by atoms with Gasteiger partial charge in [0.05, 0.1) is 6.04 Å². The average Bonchev–Trinajstić information content (AvgIpc) is 2.35. The topological polar surface area (TPSA) is 35.6 Å². The zero-order chi connectivity index (χ0) is 13.7. The van der Waals surface area contributed by atoms with Crippen LogP contribution in [0.2, 0.25) is 0 Å². The minimum atomic E-state index is -0.132. The van der Waals surface area contributed by atoms with Crippen LogP contribution in [-0.2, 0) is 4.79 Å². The maximum absolute atomic E-state index is 12.2. The Morgan fingerprint density at radius 2 is 1.78 bits per heavy atom. The van der Waals surface area contributed by atoms with E-state index >= 15 is 0 Å². The van der Waals surface area contributed by atoms with Gasteiger partial charge in [0.2, 0.25) is 5.91 Å². The van der Waals surface area contributed by atoms with Gasteiger partial charge >= 0.3 is 0 Å². The van der Waals surface area contributed by atoms with Crippen molar-refractivity contribution < 1.29 is 4.79 Å². The van der Waals surface area contributed by atoms with Crippen LogP contribution < -0.4 is 5.43 Å². The van der Waals surface area contributed by atoms with Crippen LogP contribution in [-0.4, -0.2) is 47.0 Å². The highest BCUT2D eigenvalue weighted by Crippen LogP contribution is 2.20. The fraction of sp³-hybridized carbons (Fsp3) is 0.929. The molecule has 106 valence electrons. The largest absolute Gasteiger partial charge is 0.342 e. The van der Waals surface area contributed by atoms with Crippen molar-refractivity contribution in [3.8, 4) is 0 Å². The second-order valence-electron chi connectivity index (χ2n) is 5.40. The normalized spacial score (nSPS) is 26.9. The van der Waals surface area contributed by atoms with E-state index in [1.807, 2.05) is 25.7 Å².